The van der Waals surface area contributed by atoms with Gasteiger partial charge in [0.15, 0.2) is 11.5 Å². The maximum absolute atomic E-state index is 12.4. The number of benzene rings is 2. The first-order chi connectivity index (χ1) is 15.4. The molecular formula is C25H28N2O4S. The van der Waals surface area contributed by atoms with Crippen molar-refractivity contribution in [2.45, 2.75) is 39.2 Å². The van der Waals surface area contributed by atoms with Gasteiger partial charge in [-0.05, 0) is 39.0 Å². The summed E-state index contributed by atoms with van der Waals surface area (Å²) in [6.07, 6.45) is 1.09. The van der Waals surface area contributed by atoms with Crippen molar-refractivity contribution in [3.8, 4) is 27.8 Å². The third-order valence-electron chi connectivity index (χ3n) is 5.05. The van der Waals surface area contributed by atoms with Crippen LogP contribution >= 0.6 is 11.3 Å². The van der Waals surface area contributed by atoms with Crippen molar-refractivity contribution in [3.63, 3.8) is 0 Å². The van der Waals surface area contributed by atoms with Gasteiger partial charge < -0.3 is 19.5 Å². The molecule has 0 unspecified atom stereocenters. The molecule has 0 aliphatic carbocycles. The molecule has 2 aromatic carbocycles. The number of hydrogen-bond donors (Lipinski definition) is 1. The van der Waals surface area contributed by atoms with E-state index in [9.17, 15) is 4.79 Å². The van der Waals surface area contributed by atoms with Crippen LogP contribution in [0.1, 0.15) is 32.0 Å². The van der Waals surface area contributed by atoms with Gasteiger partial charge in [-0.25, -0.2) is 4.98 Å². The lowest BCUT2D eigenvalue weighted by atomic mass is 10.0. The largest absolute Gasteiger partial charge is 0.493 e. The number of thiazole rings is 1. The molecule has 0 fully saturated rings. The van der Waals surface area contributed by atoms with E-state index in [4.69, 9.17) is 14.2 Å². The third kappa shape index (κ3) is 5.22. The average molecular weight is 453 g/mol. The first kappa shape index (κ1) is 22.1. The van der Waals surface area contributed by atoms with Gasteiger partial charge in [0, 0.05) is 17.4 Å². The van der Waals surface area contributed by atoms with Gasteiger partial charge in [-0.2, -0.15) is 0 Å². The maximum atomic E-state index is 12.4. The summed E-state index contributed by atoms with van der Waals surface area (Å²) >= 11 is 1.51. The van der Waals surface area contributed by atoms with Crippen LogP contribution in [0.15, 0.2) is 47.8 Å². The monoisotopic (exact) mass is 452 g/mol. The quantitative estimate of drug-likeness (QED) is 0.478. The molecule has 6 nitrogen and oxygen atoms in total. The molecule has 0 spiro atoms. The van der Waals surface area contributed by atoms with Gasteiger partial charge in [-0.3, -0.25) is 4.79 Å². The van der Waals surface area contributed by atoms with Crippen molar-refractivity contribution < 1.29 is 19.0 Å². The van der Waals surface area contributed by atoms with E-state index in [1.807, 2.05) is 48.7 Å². The summed E-state index contributed by atoms with van der Waals surface area (Å²) in [4.78, 5) is 17.0. The van der Waals surface area contributed by atoms with Crippen molar-refractivity contribution in [1.29, 1.82) is 0 Å². The lowest BCUT2D eigenvalue weighted by Crippen LogP contribution is -2.29. The van der Waals surface area contributed by atoms with Crippen LogP contribution in [0.4, 0.5) is 0 Å². The molecule has 7 heteroatoms. The van der Waals surface area contributed by atoms with Crippen molar-refractivity contribution in [3.05, 3.63) is 59.1 Å². The van der Waals surface area contributed by atoms with E-state index in [2.05, 4.69) is 30.2 Å². The highest BCUT2D eigenvalue weighted by Crippen LogP contribution is 2.41. The number of amides is 1. The summed E-state index contributed by atoms with van der Waals surface area (Å²) in [5.74, 6) is 2.25. The van der Waals surface area contributed by atoms with E-state index < -0.39 is 0 Å². The maximum Gasteiger partial charge on any atom is 0.226 e. The van der Waals surface area contributed by atoms with Crippen LogP contribution in [0.2, 0.25) is 0 Å². The SMILES string of the molecule is CCOc1ccccc1-c1nc(CC(=O)NCCOc2cccc3c2OC(C)(C)C3)cs1. The van der Waals surface area contributed by atoms with Crippen LogP contribution < -0.4 is 19.5 Å². The normalized spacial score (nSPS) is 13.8. The minimum atomic E-state index is -0.217. The zero-order valence-corrected chi connectivity index (χ0v) is 19.5. The van der Waals surface area contributed by atoms with E-state index in [1.54, 1.807) is 0 Å². The number of fused-ring (bicyclic) bond motifs is 1. The Labute approximate surface area is 192 Å². The van der Waals surface area contributed by atoms with Gasteiger partial charge in [-0.1, -0.05) is 24.3 Å². The zero-order chi connectivity index (χ0) is 22.6. The van der Waals surface area contributed by atoms with Crippen LogP contribution in [0.25, 0.3) is 10.6 Å². The second kappa shape index (κ2) is 9.61. The number of carbonyl (C=O) groups is 1. The Kier molecular flexibility index (Phi) is 6.65. The molecule has 0 atom stereocenters. The van der Waals surface area contributed by atoms with Crippen LogP contribution in [-0.2, 0) is 17.6 Å². The van der Waals surface area contributed by atoms with E-state index >= 15 is 0 Å². The summed E-state index contributed by atoms with van der Waals surface area (Å²) < 4.78 is 17.6. The Morgan fingerprint density at radius 2 is 1.97 bits per heavy atom. The molecule has 2 heterocycles. The number of nitrogens with zero attached hydrogens (tertiary/aromatic N) is 1. The Bertz CT molecular complexity index is 1090. The minimum absolute atomic E-state index is 0.0841. The molecular weight excluding hydrogens is 424 g/mol. The summed E-state index contributed by atoms with van der Waals surface area (Å²) in [6, 6.07) is 13.7. The second-order valence-corrected chi connectivity index (χ2v) is 9.09. The van der Waals surface area contributed by atoms with Gasteiger partial charge in [-0.15, -0.1) is 11.3 Å². The van der Waals surface area contributed by atoms with E-state index in [0.29, 0.717) is 19.8 Å². The molecule has 0 saturated carbocycles. The number of carbonyl (C=O) groups excluding carboxylic acids is 1. The molecule has 0 bridgehead atoms. The summed E-state index contributed by atoms with van der Waals surface area (Å²) in [5.41, 5.74) is 2.62. The molecule has 1 N–H and O–H groups in total. The Hall–Kier alpha value is -3.06. The van der Waals surface area contributed by atoms with Gasteiger partial charge >= 0.3 is 0 Å². The van der Waals surface area contributed by atoms with Crippen LogP contribution in [0.5, 0.6) is 17.2 Å². The molecule has 3 aromatic rings. The number of nitrogens with one attached hydrogen (secondary N) is 1. The van der Waals surface area contributed by atoms with Gasteiger partial charge in [0.25, 0.3) is 0 Å². The zero-order valence-electron chi connectivity index (χ0n) is 18.6. The lowest BCUT2D eigenvalue weighted by Gasteiger charge is -2.18. The molecule has 1 aromatic heterocycles. The van der Waals surface area contributed by atoms with Crippen molar-refractivity contribution in [2.24, 2.45) is 0 Å². The third-order valence-corrected chi connectivity index (χ3v) is 5.97. The van der Waals surface area contributed by atoms with E-state index in [-0.39, 0.29) is 17.9 Å². The number of ether oxygens (including phenoxy) is 3. The highest BCUT2D eigenvalue weighted by molar-refractivity contribution is 7.13. The fourth-order valence-corrected chi connectivity index (χ4v) is 4.57. The van der Waals surface area contributed by atoms with E-state index in [0.717, 1.165) is 45.5 Å². The number of rotatable bonds is 9. The first-order valence-corrected chi connectivity index (χ1v) is 11.7. The standard InChI is InChI=1S/C25H28N2O4S/c1-4-29-20-10-6-5-9-19(20)24-27-18(16-32-24)14-22(28)26-12-13-30-21-11-7-8-17-15-25(2,3)31-23(17)21/h5-11,16H,4,12-15H2,1-3H3,(H,26,28). The first-order valence-electron chi connectivity index (χ1n) is 10.8. The summed E-state index contributed by atoms with van der Waals surface area (Å²) in [6.45, 7) is 7.46. The van der Waals surface area contributed by atoms with Crippen LogP contribution in [0.3, 0.4) is 0 Å². The molecule has 0 saturated heterocycles. The Morgan fingerprint density at radius 1 is 1.16 bits per heavy atom. The smallest absolute Gasteiger partial charge is 0.226 e. The molecule has 32 heavy (non-hydrogen) atoms. The minimum Gasteiger partial charge on any atom is -0.493 e. The van der Waals surface area contributed by atoms with Crippen LogP contribution in [0, 0.1) is 0 Å². The highest BCUT2D eigenvalue weighted by atomic mass is 32.1. The van der Waals surface area contributed by atoms with Gasteiger partial charge in [0.1, 0.15) is 23.0 Å². The number of hydrogen-bond acceptors (Lipinski definition) is 6. The highest BCUT2D eigenvalue weighted by Gasteiger charge is 2.32. The molecule has 168 valence electrons. The summed E-state index contributed by atoms with van der Waals surface area (Å²) in [5, 5.41) is 5.67. The molecule has 4 rings (SSSR count). The van der Waals surface area contributed by atoms with Gasteiger partial charge in [0.2, 0.25) is 5.91 Å². The molecule has 1 amide bonds. The molecule has 1 aliphatic heterocycles. The van der Waals surface area contributed by atoms with Crippen molar-refractivity contribution in [2.75, 3.05) is 19.8 Å². The number of para-hydroxylation sites is 2. The topological polar surface area (TPSA) is 69.7 Å². The van der Waals surface area contributed by atoms with Crippen molar-refractivity contribution in [1.82, 2.24) is 10.3 Å². The lowest BCUT2D eigenvalue weighted by molar-refractivity contribution is -0.120. The number of aromatic nitrogens is 1. The van der Waals surface area contributed by atoms with Crippen molar-refractivity contribution >= 4 is 17.2 Å². The second-order valence-electron chi connectivity index (χ2n) is 8.23. The van der Waals surface area contributed by atoms with E-state index in [1.165, 1.54) is 11.3 Å². The predicted molar refractivity (Wildman–Crippen MR) is 126 cm³/mol. The predicted octanol–water partition coefficient (Wildman–Crippen LogP) is 4.66. The fraction of sp³-hybridized carbons (Fsp3) is 0.360. The van der Waals surface area contributed by atoms with Crippen LogP contribution in [-0.4, -0.2) is 36.3 Å². The van der Waals surface area contributed by atoms with Gasteiger partial charge in [0.05, 0.1) is 30.8 Å². The molecule has 0 radical (unpaired) electrons. The Balaban J connectivity index is 1.27. The molecule has 1 aliphatic rings. The fourth-order valence-electron chi connectivity index (χ4n) is 3.72. The average Bonchev–Trinajstić information content (AvgIpc) is 3.34. The Morgan fingerprint density at radius 3 is 2.81 bits per heavy atom. The summed E-state index contributed by atoms with van der Waals surface area (Å²) in [7, 11) is 0.